The Bertz CT molecular complexity index is 976. The number of hydrogen-bond donors (Lipinski definition) is 4. The Hall–Kier alpha value is -3.67. The Morgan fingerprint density at radius 2 is 1.67 bits per heavy atom. The third kappa shape index (κ3) is 9.99. The summed E-state index contributed by atoms with van der Waals surface area (Å²) in [6, 6.07) is 13.1. The van der Waals surface area contributed by atoms with E-state index in [4.69, 9.17) is 9.90 Å². The van der Waals surface area contributed by atoms with Crippen LogP contribution in [0.2, 0.25) is 0 Å². The number of benzene rings is 2. The number of aliphatic carboxylic acids is 1. The van der Waals surface area contributed by atoms with Crippen LogP contribution in [0.4, 0.5) is 13.2 Å². The number of alkyl halides is 3. The molecule has 0 saturated heterocycles. The molecule has 0 heterocycles. The maximum absolute atomic E-state index is 12.1. The molecular formula is C21H24F3N3O6. The normalized spacial score (nSPS) is 11.5. The minimum absolute atomic E-state index is 0.0168. The smallest absolute Gasteiger partial charge is 0.475 e. The van der Waals surface area contributed by atoms with E-state index in [0.717, 1.165) is 16.3 Å². The van der Waals surface area contributed by atoms with Crippen LogP contribution < -0.4 is 16.0 Å². The van der Waals surface area contributed by atoms with Gasteiger partial charge in [-0.3, -0.25) is 9.59 Å². The third-order valence-corrected chi connectivity index (χ3v) is 4.10. The third-order valence-electron chi connectivity index (χ3n) is 4.10. The fourth-order valence-corrected chi connectivity index (χ4v) is 2.58. The summed E-state index contributed by atoms with van der Waals surface area (Å²) in [5.74, 6) is -4.01. The molecule has 2 aromatic carbocycles. The van der Waals surface area contributed by atoms with Gasteiger partial charge in [0.1, 0.15) is 6.04 Å². The van der Waals surface area contributed by atoms with Gasteiger partial charge in [0.05, 0.1) is 13.7 Å². The van der Waals surface area contributed by atoms with Crippen molar-refractivity contribution in [2.45, 2.75) is 25.7 Å². The molecular weight excluding hydrogens is 447 g/mol. The zero-order valence-electron chi connectivity index (χ0n) is 17.9. The lowest BCUT2D eigenvalue weighted by Crippen LogP contribution is -2.50. The van der Waals surface area contributed by atoms with Gasteiger partial charge in [-0.15, -0.1) is 0 Å². The molecule has 0 aromatic heterocycles. The number of carboxylic acid groups (broad SMARTS) is 1. The standard InChI is InChI=1S/C19H23N3O4.C2HF3O2/c1-13(23)21-11-17(19(25)26-2)22-18(24)12-20-10-15-8-5-7-14-6-3-4-9-16(14)15;3-2(4,5)1(6)7/h3-9,17,20H,10-12H2,1-2H3,(H,21,23)(H,22,24);(H,6,7)/t17-;/m0./s1. The number of ether oxygens (including phenoxy) is 1. The molecule has 12 heteroatoms. The molecule has 0 aliphatic carbocycles. The number of hydrogen-bond acceptors (Lipinski definition) is 6. The van der Waals surface area contributed by atoms with Gasteiger partial charge in [-0.05, 0) is 16.3 Å². The van der Waals surface area contributed by atoms with Crippen LogP contribution in [-0.2, 0) is 30.5 Å². The first-order valence-corrected chi connectivity index (χ1v) is 9.54. The lowest BCUT2D eigenvalue weighted by molar-refractivity contribution is -0.192. The Balaban J connectivity index is 0.000000675. The van der Waals surface area contributed by atoms with Gasteiger partial charge in [0.15, 0.2) is 0 Å². The molecule has 0 fully saturated rings. The highest BCUT2D eigenvalue weighted by Crippen LogP contribution is 2.18. The van der Waals surface area contributed by atoms with Crippen molar-refractivity contribution in [3.8, 4) is 0 Å². The average molecular weight is 471 g/mol. The van der Waals surface area contributed by atoms with Crippen molar-refractivity contribution in [1.29, 1.82) is 0 Å². The summed E-state index contributed by atoms with van der Waals surface area (Å²) in [6.07, 6.45) is -5.08. The minimum Gasteiger partial charge on any atom is -0.475 e. The van der Waals surface area contributed by atoms with Crippen LogP contribution in [0.3, 0.4) is 0 Å². The molecule has 180 valence electrons. The highest BCUT2D eigenvalue weighted by molar-refractivity contribution is 5.87. The van der Waals surface area contributed by atoms with Crippen LogP contribution in [0.1, 0.15) is 12.5 Å². The highest BCUT2D eigenvalue weighted by atomic mass is 19.4. The molecule has 0 aliphatic rings. The monoisotopic (exact) mass is 471 g/mol. The van der Waals surface area contributed by atoms with Gasteiger partial charge in [0.25, 0.3) is 0 Å². The lowest BCUT2D eigenvalue weighted by atomic mass is 10.0. The number of amides is 2. The predicted molar refractivity (Wildman–Crippen MR) is 112 cm³/mol. The van der Waals surface area contributed by atoms with Gasteiger partial charge in [-0.1, -0.05) is 42.5 Å². The lowest BCUT2D eigenvalue weighted by Gasteiger charge is -2.17. The predicted octanol–water partition coefficient (Wildman–Crippen LogP) is 1.36. The number of carboxylic acids is 1. The van der Waals surface area contributed by atoms with Gasteiger partial charge < -0.3 is 25.8 Å². The number of nitrogens with one attached hydrogen (secondary N) is 3. The van der Waals surface area contributed by atoms with Crippen molar-refractivity contribution in [3.63, 3.8) is 0 Å². The fraction of sp³-hybridized carbons (Fsp3) is 0.333. The number of halogens is 3. The molecule has 0 unspecified atom stereocenters. The number of fused-ring (bicyclic) bond motifs is 1. The topological polar surface area (TPSA) is 134 Å². The molecule has 9 nitrogen and oxygen atoms in total. The van der Waals surface area contributed by atoms with Crippen molar-refractivity contribution in [2.75, 3.05) is 20.2 Å². The van der Waals surface area contributed by atoms with E-state index in [1.807, 2.05) is 42.5 Å². The molecule has 2 rings (SSSR count). The second kappa shape index (κ2) is 13.0. The van der Waals surface area contributed by atoms with Crippen LogP contribution in [-0.4, -0.2) is 61.3 Å². The molecule has 0 aliphatic heterocycles. The molecule has 0 radical (unpaired) electrons. The first-order valence-electron chi connectivity index (χ1n) is 9.54. The van der Waals surface area contributed by atoms with E-state index in [0.29, 0.717) is 6.54 Å². The van der Waals surface area contributed by atoms with Crippen molar-refractivity contribution in [1.82, 2.24) is 16.0 Å². The van der Waals surface area contributed by atoms with Crippen molar-refractivity contribution < 1.29 is 42.2 Å². The zero-order chi connectivity index (χ0) is 25.0. The van der Waals surface area contributed by atoms with E-state index in [1.165, 1.54) is 14.0 Å². The molecule has 0 bridgehead atoms. The van der Waals surface area contributed by atoms with Crippen LogP contribution in [0.5, 0.6) is 0 Å². The molecule has 4 N–H and O–H groups in total. The minimum atomic E-state index is -5.08. The summed E-state index contributed by atoms with van der Waals surface area (Å²) in [7, 11) is 1.23. The van der Waals surface area contributed by atoms with Crippen LogP contribution in [0.15, 0.2) is 42.5 Å². The van der Waals surface area contributed by atoms with E-state index in [-0.39, 0.29) is 24.9 Å². The SMILES string of the molecule is COC(=O)[C@H](CNC(C)=O)NC(=O)CNCc1cccc2ccccc12.O=C(O)C(F)(F)F. The van der Waals surface area contributed by atoms with Gasteiger partial charge >= 0.3 is 18.1 Å². The second-order valence-corrected chi connectivity index (χ2v) is 6.63. The van der Waals surface area contributed by atoms with Gasteiger partial charge in [0, 0.05) is 20.0 Å². The van der Waals surface area contributed by atoms with Crippen molar-refractivity contribution in [3.05, 3.63) is 48.0 Å². The average Bonchev–Trinajstić information content (AvgIpc) is 2.76. The molecule has 0 spiro atoms. The summed E-state index contributed by atoms with van der Waals surface area (Å²) in [5, 5.41) is 17.5. The summed E-state index contributed by atoms with van der Waals surface area (Å²) in [6.45, 7) is 1.87. The Labute approximate surface area is 187 Å². The summed E-state index contributed by atoms with van der Waals surface area (Å²) >= 11 is 0. The van der Waals surface area contributed by atoms with Crippen LogP contribution in [0.25, 0.3) is 10.8 Å². The summed E-state index contributed by atoms with van der Waals surface area (Å²) in [4.78, 5) is 43.7. The first kappa shape index (κ1) is 27.4. The Kier molecular flexibility index (Phi) is 10.8. The molecule has 33 heavy (non-hydrogen) atoms. The van der Waals surface area contributed by atoms with Gasteiger partial charge in [-0.25, -0.2) is 9.59 Å². The number of rotatable bonds is 8. The van der Waals surface area contributed by atoms with Gasteiger partial charge in [0.2, 0.25) is 11.8 Å². The summed E-state index contributed by atoms with van der Waals surface area (Å²) < 4.78 is 36.4. The molecule has 1 atom stereocenters. The number of methoxy groups -OCH3 is 1. The number of esters is 1. The molecule has 2 aromatic rings. The largest absolute Gasteiger partial charge is 0.490 e. The molecule has 0 saturated carbocycles. The van der Waals surface area contributed by atoms with Gasteiger partial charge in [-0.2, -0.15) is 13.2 Å². The second-order valence-electron chi connectivity index (χ2n) is 6.63. The van der Waals surface area contributed by atoms with Crippen molar-refractivity contribution in [2.24, 2.45) is 0 Å². The van der Waals surface area contributed by atoms with Crippen LogP contribution in [0, 0.1) is 0 Å². The van der Waals surface area contributed by atoms with E-state index < -0.39 is 24.2 Å². The van der Waals surface area contributed by atoms with E-state index in [2.05, 4.69) is 20.7 Å². The maximum Gasteiger partial charge on any atom is 0.490 e. The number of carbonyl (C=O) groups excluding carboxylic acids is 3. The quantitative estimate of drug-likeness (QED) is 0.427. The number of carbonyl (C=O) groups is 4. The van der Waals surface area contributed by atoms with E-state index in [1.54, 1.807) is 0 Å². The van der Waals surface area contributed by atoms with E-state index in [9.17, 15) is 27.6 Å². The highest BCUT2D eigenvalue weighted by Gasteiger charge is 2.38. The van der Waals surface area contributed by atoms with E-state index >= 15 is 0 Å². The first-order chi connectivity index (χ1) is 15.5. The Morgan fingerprint density at radius 1 is 1.06 bits per heavy atom. The fourth-order valence-electron chi connectivity index (χ4n) is 2.58. The van der Waals surface area contributed by atoms with Crippen LogP contribution >= 0.6 is 0 Å². The van der Waals surface area contributed by atoms with Crippen molar-refractivity contribution >= 4 is 34.5 Å². The maximum atomic E-state index is 12.1. The Morgan fingerprint density at radius 3 is 2.24 bits per heavy atom. The summed E-state index contributed by atoms with van der Waals surface area (Å²) in [5.41, 5.74) is 1.08. The zero-order valence-corrected chi connectivity index (χ0v) is 17.9. The molecule has 2 amide bonds.